The lowest BCUT2D eigenvalue weighted by Crippen LogP contribution is -2.35. The van der Waals surface area contributed by atoms with Crippen LogP contribution in [0.25, 0.3) is 0 Å². The minimum Gasteiger partial charge on any atom is -0.212 e. The fourth-order valence-corrected chi connectivity index (χ4v) is 3.82. The van der Waals surface area contributed by atoms with Crippen molar-refractivity contribution in [3.63, 3.8) is 0 Å². The van der Waals surface area contributed by atoms with Gasteiger partial charge in [0.1, 0.15) is 0 Å². The molecule has 1 aromatic heterocycles. The molecule has 98 valence electrons. The molecule has 0 spiro atoms. The second-order valence-electron chi connectivity index (χ2n) is 4.07. The van der Waals surface area contributed by atoms with Crippen LogP contribution in [0.1, 0.15) is 25.3 Å². The number of nitrogens with one attached hydrogen (secondary N) is 1. The average molecular weight is 296 g/mol. The Morgan fingerprint density at radius 2 is 2.24 bits per heavy atom. The molecule has 0 saturated carbocycles. The van der Waals surface area contributed by atoms with Gasteiger partial charge in [-0.1, -0.05) is 0 Å². The van der Waals surface area contributed by atoms with Gasteiger partial charge in [0.05, 0.1) is 5.75 Å². The van der Waals surface area contributed by atoms with Gasteiger partial charge in [0, 0.05) is 11.9 Å². The van der Waals surface area contributed by atoms with Crippen molar-refractivity contribution in [1.82, 2.24) is 4.72 Å². The van der Waals surface area contributed by atoms with E-state index in [1.54, 1.807) is 11.3 Å². The van der Waals surface area contributed by atoms with Crippen molar-refractivity contribution >= 4 is 33.0 Å². The molecule has 0 aliphatic heterocycles. The molecule has 1 aromatic rings. The first-order valence-corrected chi connectivity index (χ1v) is 8.73. The van der Waals surface area contributed by atoms with Crippen LogP contribution < -0.4 is 4.72 Å². The van der Waals surface area contributed by atoms with Gasteiger partial charge in [0.15, 0.2) is 0 Å². The summed E-state index contributed by atoms with van der Waals surface area (Å²) in [5.74, 6) is 0.674. The van der Waals surface area contributed by atoms with Crippen LogP contribution in [0.3, 0.4) is 0 Å². The van der Waals surface area contributed by atoms with E-state index in [1.165, 1.54) is 5.56 Å². The molecule has 0 fully saturated rings. The molecule has 0 aliphatic carbocycles. The summed E-state index contributed by atoms with van der Waals surface area (Å²) in [5.41, 5.74) is 1.17. The standard InChI is InChI=1S/C11H18ClNO2S2/c1-10(8-11-4-6-16-9-11)13-17(14,15)7-3-2-5-12/h4,6,9-10,13H,2-3,5,7-8H2,1H3. The third-order valence-corrected chi connectivity index (χ3v) is 4.89. The largest absolute Gasteiger partial charge is 0.212 e. The number of alkyl halides is 1. The summed E-state index contributed by atoms with van der Waals surface area (Å²) in [6.07, 6.45) is 2.09. The van der Waals surface area contributed by atoms with Gasteiger partial charge in [0.2, 0.25) is 10.0 Å². The van der Waals surface area contributed by atoms with Crippen LogP contribution in [0.2, 0.25) is 0 Å². The summed E-state index contributed by atoms with van der Waals surface area (Å²) < 4.78 is 26.1. The number of thiophene rings is 1. The van der Waals surface area contributed by atoms with E-state index in [0.29, 0.717) is 12.3 Å². The molecule has 1 unspecified atom stereocenters. The molecule has 0 bridgehead atoms. The van der Waals surface area contributed by atoms with Gasteiger partial charge >= 0.3 is 0 Å². The van der Waals surface area contributed by atoms with Crippen molar-refractivity contribution in [1.29, 1.82) is 0 Å². The Kier molecular flexibility index (Phi) is 6.48. The molecule has 3 nitrogen and oxygen atoms in total. The molecule has 1 N–H and O–H groups in total. The van der Waals surface area contributed by atoms with Gasteiger partial charge in [-0.3, -0.25) is 0 Å². The minimum absolute atomic E-state index is 0.0643. The fourth-order valence-electron chi connectivity index (χ4n) is 1.56. The van der Waals surface area contributed by atoms with Gasteiger partial charge in [-0.2, -0.15) is 11.3 Å². The van der Waals surface area contributed by atoms with Crippen LogP contribution in [0, 0.1) is 0 Å². The van der Waals surface area contributed by atoms with Crippen molar-refractivity contribution in [2.75, 3.05) is 11.6 Å². The van der Waals surface area contributed by atoms with E-state index >= 15 is 0 Å². The van der Waals surface area contributed by atoms with E-state index in [-0.39, 0.29) is 11.8 Å². The van der Waals surface area contributed by atoms with Gasteiger partial charge in [-0.15, -0.1) is 11.6 Å². The number of halogens is 1. The molecule has 17 heavy (non-hydrogen) atoms. The highest BCUT2D eigenvalue weighted by molar-refractivity contribution is 7.89. The number of sulfonamides is 1. The zero-order chi connectivity index (χ0) is 12.7. The maximum Gasteiger partial charge on any atom is 0.211 e. The Labute approximate surface area is 112 Å². The summed E-state index contributed by atoms with van der Waals surface area (Å²) in [6.45, 7) is 1.89. The molecular formula is C11H18ClNO2S2. The van der Waals surface area contributed by atoms with Crippen molar-refractivity contribution in [3.8, 4) is 0 Å². The van der Waals surface area contributed by atoms with E-state index in [4.69, 9.17) is 11.6 Å². The van der Waals surface area contributed by atoms with E-state index in [9.17, 15) is 8.42 Å². The van der Waals surface area contributed by atoms with Crippen LogP contribution in [0.5, 0.6) is 0 Å². The molecule has 0 radical (unpaired) electrons. The van der Waals surface area contributed by atoms with Crippen molar-refractivity contribution in [3.05, 3.63) is 22.4 Å². The Bertz CT molecular complexity index is 403. The predicted octanol–water partition coefficient (Wildman–Crippen LogP) is 2.62. The molecular weight excluding hydrogens is 278 g/mol. The number of hydrogen-bond acceptors (Lipinski definition) is 3. The number of rotatable bonds is 8. The van der Waals surface area contributed by atoms with Crippen LogP contribution in [-0.2, 0) is 16.4 Å². The van der Waals surface area contributed by atoms with Crippen LogP contribution >= 0.6 is 22.9 Å². The normalized spacial score (nSPS) is 13.8. The summed E-state index contributed by atoms with van der Waals surface area (Å²) in [7, 11) is -3.16. The quantitative estimate of drug-likeness (QED) is 0.592. The van der Waals surface area contributed by atoms with Crippen molar-refractivity contribution in [2.24, 2.45) is 0 Å². The van der Waals surface area contributed by atoms with E-state index in [2.05, 4.69) is 4.72 Å². The number of hydrogen-bond donors (Lipinski definition) is 1. The SMILES string of the molecule is CC(Cc1ccsc1)NS(=O)(=O)CCCCCl. The first kappa shape index (κ1) is 15.0. The highest BCUT2D eigenvalue weighted by Crippen LogP contribution is 2.09. The second-order valence-corrected chi connectivity index (χ2v) is 7.10. The van der Waals surface area contributed by atoms with Crippen LogP contribution in [0.4, 0.5) is 0 Å². The Balaban J connectivity index is 2.36. The van der Waals surface area contributed by atoms with Gasteiger partial charge < -0.3 is 0 Å². The van der Waals surface area contributed by atoms with Crippen molar-refractivity contribution in [2.45, 2.75) is 32.2 Å². The zero-order valence-electron chi connectivity index (χ0n) is 9.86. The van der Waals surface area contributed by atoms with Crippen LogP contribution in [0.15, 0.2) is 16.8 Å². The first-order valence-electron chi connectivity index (χ1n) is 5.60. The molecule has 1 atom stereocenters. The number of unbranched alkanes of at least 4 members (excludes halogenated alkanes) is 1. The minimum atomic E-state index is -3.16. The lowest BCUT2D eigenvalue weighted by Gasteiger charge is -2.13. The second kappa shape index (κ2) is 7.36. The summed E-state index contributed by atoms with van der Waals surface area (Å²) in [6, 6.07) is 1.95. The molecule has 1 rings (SSSR count). The molecule has 6 heteroatoms. The maximum absolute atomic E-state index is 11.7. The smallest absolute Gasteiger partial charge is 0.211 e. The van der Waals surface area contributed by atoms with Gasteiger partial charge in [-0.05, 0) is 48.6 Å². The van der Waals surface area contributed by atoms with Gasteiger partial charge in [-0.25, -0.2) is 13.1 Å². The van der Waals surface area contributed by atoms with E-state index in [0.717, 1.165) is 12.8 Å². The van der Waals surface area contributed by atoms with Gasteiger partial charge in [0.25, 0.3) is 0 Å². The first-order chi connectivity index (χ1) is 8.03. The maximum atomic E-state index is 11.7. The van der Waals surface area contributed by atoms with Crippen LogP contribution in [-0.4, -0.2) is 26.1 Å². The lowest BCUT2D eigenvalue weighted by atomic mass is 10.1. The Hall–Kier alpha value is -0.100. The molecule has 0 saturated heterocycles. The fraction of sp³-hybridized carbons (Fsp3) is 0.636. The van der Waals surface area contributed by atoms with E-state index in [1.807, 2.05) is 23.8 Å². The third kappa shape index (κ3) is 6.41. The monoisotopic (exact) mass is 295 g/mol. The third-order valence-electron chi connectivity index (χ3n) is 2.30. The lowest BCUT2D eigenvalue weighted by molar-refractivity contribution is 0.557. The Morgan fingerprint density at radius 1 is 1.47 bits per heavy atom. The molecule has 0 amide bonds. The average Bonchev–Trinajstić information content (AvgIpc) is 2.69. The summed E-state index contributed by atoms with van der Waals surface area (Å²) >= 11 is 7.14. The molecule has 0 aromatic carbocycles. The topological polar surface area (TPSA) is 46.2 Å². The highest BCUT2D eigenvalue weighted by atomic mass is 35.5. The van der Waals surface area contributed by atoms with E-state index < -0.39 is 10.0 Å². The molecule has 0 aliphatic rings. The highest BCUT2D eigenvalue weighted by Gasteiger charge is 2.14. The summed E-state index contributed by atoms with van der Waals surface area (Å²) in [5, 5.41) is 4.04. The Morgan fingerprint density at radius 3 is 2.82 bits per heavy atom. The zero-order valence-corrected chi connectivity index (χ0v) is 12.2. The molecule has 1 heterocycles. The summed E-state index contributed by atoms with van der Waals surface area (Å²) in [4.78, 5) is 0. The van der Waals surface area contributed by atoms with Crippen molar-refractivity contribution < 1.29 is 8.42 Å². The predicted molar refractivity (Wildman–Crippen MR) is 74.4 cm³/mol.